The SMILES string of the molecule is COc1ccc2c3c1O[C@H]1C[C@@H](O)C=C[C@@]31CCN(C)C2.O=C(O)[C@H](O)[C@@H](O)[C@H](O)[C@H](O)CO.O=C(O)c1ccccc1. The highest BCUT2D eigenvalue weighted by atomic mass is 16.5. The zero-order valence-electron chi connectivity index (χ0n) is 23.9. The third-order valence-electron chi connectivity index (χ3n) is 7.68. The molecule has 0 aromatic heterocycles. The van der Waals surface area contributed by atoms with E-state index in [9.17, 15) is 14.7 Å². The van der Waals surface area contributed by atoms with Crippen molar-refractivity contribution in [3.05, 3.63) is 71.3 Å². The van der Waals surface area contributed by atoms with Crippen molar-refractivity contribution in [3.8, 4) is 11.5 Å². The maximum absolute atomic E-state index is 10.2. The monoisotopic (exact) mass is 605 g/mol. The fraction of sp³-hybridized carbons (Fsp3) is 0.467. The van der Waals surface area contributed by atoms with E-state index in [2.05, 4.69) is 24.1 Å². The smallest absolute Gasteiger partial charge is 0.335 e. The molecule has 236 valence electrons. The highest BCUT2D eigenvalue weighted by Crippen LogP contribution is 2.55. The van der Waals surface area contributed by atoms with Gasteiger partial charge in [0.1, 0.15) is 24.4 Å². The number of ether oxygens (including phenoxy) is 2. The molecule has 2 aromatic carbocycles. The van der Waals surface area contributed by atoms with E-state index in [1.54, 1.807) is 37.4 Å². The topological polar surface area (TPSA) is 218 Å². The number of rotatable bonds is 7. The molecule has 3 aliphatic rings. The number of carboxylic acid groups (broad SMARTS) is 2. The number of aliphatic hydroxyl groups is 6. The van der Waals surface area contributed by atoms with Crippen molar-refractivity contribution < 1.29 is 59.9 Å². The van der Waals surface area contributed by atoms with Gasteiger partial charge in [-0.2, -0.15) is 0 Å². The Morgan fingerprint density at radius 1 is 1.07 bits per heavy atom. The Bertz CT molecular complexity index is 1270. The number of carboxylic acids is 2. The molecule has 2 aromatic rings. The third kappa shape index (κ3) is 7.70. The van der Waals surface area contributed by atoms with Gasteiger partial charge < -0.3 is 55.2 Å². The second-order valence-corrected chi connectivity index (χ2v) is 10.6. The van der Waals surface area contributed by atoms with Gasteiger partial charge in [-0.3, -0.25) is 0 Å². The molecule has 0 fully saturated rings. The molecule has 8 N–H and O–H groups in total. The van der Waals surface area contributed by atoms with Crippen LogP contribution in [0.5, 0.6) is 11.5 Å². The average molecular weight is 606 g/mol. The summed E-state index contributed by atoms with van der Waals surface area (Å²) in [5, 5.41) is 70.2. The van der Waals surface area contributed by atoms with Crippen molar-refractivity contribution in [2.45, 2.75) is 61.4 Å². The van der Waals surface area contributed by atoms with E-state index in [1.165, 1.54) is 11.1 Å². The fourth-order valence-corrected chi connectivity index (χ4v) is 5.33. The lowest BCUT2D eigenvalue weighted by Crippen LogP contribution is -2.48. The summed E-state index contributed by atoms with van der Waals surface area (Å²) in [4.78, 5) is 22.6. The molecule has 13 heteroatoms. The Hall–Kier alpha value is -3.56. The highest BCUT2D eigenvalue weighted by molar-refractivity contribution is 5.87. The average Bonchev–Trinajstić information content (AvgIpc) is 3.26. The molecule has 2 aliphatic heterocycles. The van der Waals surface area contributed by atoms with Gasteiger partial charge in [0, 0.05) is 18.5 Å². The number of benzene rings is 2. The fourth-order valence-electron chi connectivity index (χ4n) is 5.33. The Morgan fingerprint density at radius 3 is 2.30 bits per heavy atom. The van der Waals surface area contributed by atoms with Crippen LogP contribution in [-0.2, 0) is 16.8 Å². The molecule has 43 heavy (non-hydrogen) atoms. The molecule has 1 spiro atoms. The second kappa shape index (κ2) is 14.8. The molecular formula is C30H39NO12. The van der Waals surface area contributed by atoms with Crippen LogP contribution in [-0.4, -0.2) is 122 Å². The lowest BCUT2D eigenvalue weighted by Gasteiger charge is -2.35. The molecule has 0 saturated carbocycles. The van der Waals surface area contributed by atoms with Gasteiger partial charge in [0.05, 0.1) is 30.8 Å². The number of carbonyl (C=O) groups is 2. The van der Waals surface area contributed by atoms with Crippen molar-refractivity contribution in [3.63, 3.8) is 0 Å². The summed E-state index contributed by atoms with van der Waals surface area (Å²) in [7, 11) is 3.84. The molecule has 1 aliphatic carbocycles. The van der Waals surface area contributed by atoms with Crippen molar-refractivity contribution in [1.29, 1.82) is 0 Å². The molecule has 13 nitrogen and oxygen atoms in total. The van der Waals surface area contributed by atoms with E-state index in [4.69, 9.17) is 45.2 Å². The summed E-state index contributed by atoms with van der Waals surface area (Å²) < 4.78 is 11.8. The Balaban J connectivity index is 0.000000198. The summed E-state index contributed by atoms with van der Waals surface area (Å²) in [5.41, 5.74) is 2.81. The van der Waals surface area contributed by atoms with Gasteiger partial charge >= 0.3 is 11.9 Å². The summed E-state index contributed by atoms with van der Waals surface area (Å²) in [6.07, 6.45) is -2.46. The summed E-state index contributed by atoms with van der Waals surface area (Å²) in [6.45, 7) is 1.11. The quantitative estimate of drug-likeness (QED) is 0.191. The number of aliphatic carboxylic acids is 1. The molecule has 0 amide bonds. The number of methoxy groups -OCH3 is 1. The summed E-state index contributed by atoms with van der Waals surface area (Å²) in [5.74, 6) is -0.920. The molecule has 5 rings (SSSR count). The Morgan fingerprint density at radius 2 is 1.74 bits per heavy atom. The first-order valence-electron chi connectivity index (χ1n) is 13.6. The van der Waals surface area contributed by atoms with Crippen LogP contribution < -0.4 is 9.47 Å². The van der Waals surface area contributed by atoms with Crippen LogP contribution in [0.15, 0.2) is 54.6 Å². The van der Waals surface area contributed by atoms with E-state index in [0.29, 0.717) is 12.0 Å². The number of aliphatic hydroxyl groups excluding tert-OH is 6. The maximum Gasteiger partial charge on any atom is 0.335 e. The summed E-state index contributed by atoms with van der Waals surface area (Å²) in [6, 6.07) is 12.5. The molecule has 2 heterocycles. The van der Waals surface area contributed by atoms with E-state index >= 15 is 0 Å². The van der Waals surface area contributed by atoms with E-state index in [0.717, 1.165) is 31.0 Å². The van der Waals surface area contributed by atoms with Crippen LogP contribution in [0, 0.1) is 0 Å². The number of aromatic carboxylic acids is 1. The van der Waals surface area contributed by atoms with Crippen LogP contribution in [0.4, 0.5) is 0 Å². The zero-order valence-corrected chi connectivity index (χ0v) is 23.9. The number of hydrogen-bond acceptors (Lipinski definition) is 11. The van der Waals surface area contributed by atoms with Crippen LogP contribution in [0.3, 0.4) is 0 Å². The predicted molar refractivity (Wildman–Crippen MR) is 152 cm³/mol. The van der Waals surface area contributed by atoms with Crippen LogP contribution >= 0.6 is 0 Å². The van der Waals surface area contributed by atoms with Gasteiger partial charge in [-0.05, 0) is 43.8 Å². The van der Waals surface area contributed by atoms with Gasteiger partial charge in [0.2, 0.25) is 0 Å². The first kappa shape index (κ1) is 33.9. The standard InChI is InChI=1S/C17H21NO3.C7H6O2.C6H12O7/c1-18-8-7-17-6-5-12(19)9-14(17)21-16-13(20-2)4-3-11(10-18)15(16)17;8-7(9)6-4-2-1-3-5-6;7-1-2(8)3(9)4(10)5(11)6(12)13/h3-6,12,14,19H,7-10H2,1-2H3;1-5H,(H,8,9);2-5,7-11H,1H2,(H,12,13)/t12-,14-,17-;;2-,3-,4+,5-/m0.1/s1. The highest BCUT2D eigenvalue weighted by Gasteiger charge is 2.52. The van der Waals surface area contributed by atoms with Crippen LogP contribution in [0.1, 0.15) is 34.3 Å². The van der Waals surface area contributed by atoms with E-state index in [-0.39, 0.29) is 11.5 Å². The lowest BCUT2D eigenvalue weighted by molar-refractivity contribution is -0.164. The van der Waals surface area contributed by atoms with Crippen LogP contribution in [0.2, 0.25) is 0 Å². The van der Waals surface area contributed by atoms with Crippen LogP contribution in [0.25, 0.3) is 0 Å². The minimum absolute atomic E-state index is 0.00838. The molecule has 0 saturated heterocycles. The second-order valence-electron chi connectivity index (χ2n) is 10.6. The molecule has 0 unspecified atom stereocenters. The largest absolute Gasteiger partial charge is 0.493 e. The Kier molecular flexibility index (Phi) is 11.6. The van der Waals surface area contributed by atoms with Gasteiger partial charge in [-0.15, -0.1) is 0 Å². The minimum atomic E-state index is -2.20. The number of hydrogen-bond donors (Lipinski definition) is 8. The minimum Gasteiger partial charge on any atom is -0.493 e. The van der Waals surface area contributed by atoms with Crippen molar-refractivity contribution in [2.75, 3.05) is 27.3 Å². The predicted octanol–water partition coefficient (Wildman–Crippen LogP) is -0.258. The first-order chi connectivity index (χ1) is 20.4. The maximum atomic E-state index is 10.2. The summed E-state index contributed by atoms with van der Waals surface area (Å²) >= 11 is 0. The molecule has 0 bridgehead atoms. The molecular weight excluding hydrogens is 566 g/mol. The molecule has 7 atom stereocenters. The number of nitrogens with zero attached hydrogens (tertiary/aromatic N) is 1. The first-order valence-corrected chi connectivity index (χ1v) is 13.6. The van der Waals surface area contributed by atoms with Crippen molar-refractivity contribution in [2.24, 2.45) is 0 Å². The zero-order chi connectivity index (χ0) is 31.9. The van der Waals surface area contributed by atoms with E-state index < -0.39 is 49.1 Å². The van der Waals surface area contributed by atoms with Crippen molar-refractivity contribution in [1.82, 2.24) is 4.90 Å². The normalized spacial score (nSPS) is 24.6. The molecule has 0 radical (unpaired) electrons. The lowest BCUT2D eigenvalue weighted by atomic mass is 9.69. The third-order valence-corrected chi connectivity index (χ3v) is 7.68. The van der Waals surface area contributed by atoms with Crippen molar-refractivity contribution >= 4 is 11.9 Å². The van der Waals surface area contributed by atoms with Gasteiger partial charge in [0.15, 0.2) is 17.6 Å². The van der Waals surface area contributed by atoms with E-state index in [1.807, 2.05) is 12.1 Å². The Labute approximate surface area is 248 Å². The van der Waals surface area contributed by atoms with Gasteiger partial charge in [-0.25, -0.2) is 9.59 Å². The van der Waals surface area contributed by atoms with Gasteiger partial charge in [-0.1, -0.05) is 36.4 Å². The van der Waals surface area contributed by atoms with Gasteiger partial charge in [0.25, 0.3) is 0 Å².